The highest BCUT2D eigenvalue weighted by molar-refractivity contribution is 5.90. The Morgan fingerprint density at radius 2 is 2.17 bits per heavy atom. The Morgan fingerprint density at radius 3 is 2.92 bits per heavy atom. The standard InChI is InChI=1S/C18H24N4O2/c1-14-16(11-19)3-2-4-17(14)20-18(23)22-6-5-15(13-22)12-21-7-9-24-10-8-21/h2-4,15H,5-10,12-13H2,1H3,(H,20,23)/t15-/m1/s1. The highest BCUT2D eigenvalue weighted by Crippen LogP contribution is 2.22. The Morgan fingerprint density at radius 1 is 1.38 bits per heavy atom. The van der Waals surface area contributed by atoms with Crippen LogP contribution in [0.4, 0.5) is 10.5 Å². The molecule has 0 unspecified atom stereocenters. The summed E-state index contributed by atoms with van der Waals surface area (Å²) >= 11 is 0. The second-order valence-corrected chi connectivity index (χ2v) is 6.53. The molecule has 2 amide bonds. The van der Waals surface area contributed by atoms with E-state index in [1.165, 1.54) is 0 Å². The molecule has 1 atom stereocenters. The summed E-state index contributed by atoms with van der Waals surface area (Å²) in [6, 6.07) is 7.48. The zero-order chi connectivity index (χ0) is 16.9. The van der Waals surface area contributed by atoms with E-state index in [0.717, 1.165) is 63.6 Å². The SMILES string of the molecule is Cc1c(C#N)cccc1NC(=O)N1CC[C@H](CN2CCOCC2)C1. The first-order valence-electron chi connectivity index (χ1n) is 8.53. The summed E-state index contributed by atoms with van der Waals surface area (Å²) in [5, 5.41) is 12.0. The summed E-state index contributed by atoms with van der Waals surface area (Å²) < 4.78 is 5.38. The van der Waals surface area contributed by atoms with Crippen molar-refractivity contribution in [3.05, 3.63) is 29.3 Å². The Balaban J connectivity index is 1.54. The van der Waals surface area contributed by atoms with Gasteiger partial charge in [0.05, 0.1) is 24.8 Å². The van der Waals surface area contributed by atoms with Crippen molar-refractivity contribution in [2.75, 3.05) is 51.3 Å². The van der Waals surface area contributed by atoms with Gasteiger partial charge in [-0.1, -0.05) is 6.07 Å². The molecule has 3 rings (SSSR count). The molecule has 2 fully saturated rings. The van der Waals surface area contributed by atoms with E-state index < -0.39 is 0 Å². The number of carbonyl (C=O) groups excluding carboxylic acids is 1. The molecule has 0 spiro atoms. The summed E-state index contributed by atoms with van der Waals surface area (Å²) in [5.41, 5.74) is 2.13. The first kappa shape index (κ1) is 16.7. The molecule has 2 heterocycles. The molecule has 0 saturated carbocycles. The molecular weight excluding hydrogens is 304 g/mol. The predicted octanol–water partition coefficient (Wildman–Crippen LogP) is 2.05. The number of nitrogens with zero attached hydrogens (tertiary/aromatic N) is 3. The molecule has 2 aliphatic heterocycles. The molecule has 0 bridgehead atoms. The molecule has 6 nitrogen and oxygen atoms in total. The minimum absolute atomic E-state index is 0.0716. The normalized spacial score (nSPS) is 21.5. The molecule has 2 saturated heterocycles. The summed E-state index contributed by atoms with van der Waals surface area (Å²) in [7, 11) is 0. The predicted molar refractivity (Wildman–Crippen MR) is 91.9 cm³/mol. The van der Waals surface area contributed by atoms with E-state index in [2.05, 4.69) is 16.3 Å². The summed E-state index contributed by atoms with van der Waals surface area (Å²) in [6.07, 6.45) is 1.04. The first-order chi connectivity index (χ1) is 11.7. The third-order valence-corrected chi connectivity index (χ3v) is 4.89. The van der Waals surface area contributed by atoms with E-state index in [0.29, 0.717) is 11.5 Å². The number of benzene rings is 1. The fourth-order valence-corrected chi connectivity index (χ4v) is 3.40. The van der Waals surface area contributed by atoms with E-state index in [1.54, 1.807) is 12.1 Å². The van der Waals surface area contributed by atoms with E-state index in [-0.39, 0.29) is 6.03 Å². The van der Waals surface area contributed by atoms with Gasteiger partial charge >= 0.3 is 6.03 Å². The topological polar surface area (TPSA) is 68.6 Å². The van der Waals surface area contributed by atoms with Crippen LogP contribution in [0.1, 0.15) is 17.5 Å². The van der Waals surface area contributed by atoms with Gasteiger partial charge in [-0.2, -0.15) is 5.26 Å². The average molecular weight is 328 g/mol. The number of nitrogens with one attached hydrogen (secondary N) is 1. The van der Waals surface area contributed by atoms with Gasteiger partial charge < -0.3 is 15.0 Å². The minimum Gasteiger partial charge on any atom is -0.379 e. The maximum atomic E-state index is 12.5. The number of carbonyl (C=O) groups is 1. The molecule has 6 heteroatoms. The van der Waals surface area contributed by atoms with E-state index >= 15 is 0 Å². The van der Waals surface area contributed by atoms with Crippen molar-refractivity contribution in [1.29, 1.82) is 5.26 Å². The number of urea groups is 1. The summed E-state index contributed by atoms with van der Waals surface area (Å²) in [5.74, 6) is 0.528. The molecule has 2 aliphatic rings. The van der Waals surface area contributed by atoms with Crippen LogP contribution in [0.25, 0.3) is 0 Å². The Hall–Kier alpha value is -2.10. The van der Waals surface area contributed by atoms with Crippen LogP contribution in [0.3, 0.4) is 0 Å². The van der Waals surface area contributed by atoms with Crippen LogP contribution in [0.15, 0.2) is 18.2 Å². The number of amides is 2. The third kappa shape index (κ3) is 3.86. The van der Waals surface area contributed by atoms with Crippen molar-refractivity contribution in [3.8, 4) is 6.07 Å². The monoisotopic (exact) mass is 328 g/mol. The molecule has 24 heavy (non-hydrogen) atoms. The maximum absolute atomic E-state index is 12.5. The van der Waals surface area contributed by atoms with Crippen LogP contribution >= 0.6 is 0 Å². The number of morpholine rings is 1. The van der Waals surface area contributed by atoms with E-state index in [1.807, 2.05) is 17.9 Å². The number of nitriles is 1. The Labute approximate surface area is 143 Å². The number of hydrogen-bond donors (Lipinski definition) is 1. The highest BCUT2D eigenvalue weighted by Gasteiger charge is 2.28. The maximum Gasteiger partial charge on any atom is 0.321 e. The molecule has 128 valence electrons. The lowest BCUT2D eigenvalue weighted by Gasteiger charge is -2.29. The lowest BCUT2D eigenvalue weighted by atomic mass is 10.1. The van der Waals surface area contributed by atoms with Gasteiger partial charge in [0.2, 0.25) is 0 Å². The molecular formula is C18H24N4O2. The van der Waals surface area contributed by atoms with Gasteiger partial charge in [-0.15, -0.1) is 0 Å². The number of rotatable bonds is 3. The van der Waals surface area contributed by atoms with Crippen LogP contribution in [0.5, 0.6) is 0 Å². The van der Waals surface area contributed by atoms with Crippen molar-refractivity contribution in [3.63, 3.8) is 0 Å². The molecule has 1 aromatic carbocycles. The van der Waals surface area contributed by atoms with Crippen molar-refractivity contribution in [2.45, 2.75) is 13.3 Å². The number of anilines is 1. The smallest absolute Gasteiger partial charge is 0.321 e. The van der Waals surface area contributed by atoms with Crippen LogP contribution < -0.4 is 5.32 Å². The van der Waals surface area contributed by atoms with Gasteiger partial charge in [0, 0.05) is 38.4 Å². The first-order valence-corrected chi connectivity index (χ1v) is 8.53. The second-order valence-electron chi connectivity index (χ2n) is 6.53. The number of hydrogen-bond acceptors (Lipinski definition) is 4. The highest BCUT2D eigenvalue weighted by atomic mass is 16.5. The van der Waals surface area contributed by atoms with Crippen molar-refractivity contribution in [2.24, 2.45) is 5.92 Å². The summed E-state index contributed by atoms with van der Waals surface area (Å²) in [4.78, 5) is 16.8. The molecule has 0 radical (unpaired) electrons. The number of ether oxygens (including phenoxy) is 1. The zero-order valence-corrected chi connectivity index (χ0v) is 14.1. The van der Waals surface area contributed by atoms with Gasteiger partial charge in [0.15, 0.2) is 0 Å². The van der Waals surface area contributed by atoms with Crippen molar-refractivity contribution >= 4 is 11.7 Å². The van der Waals surface area contributed by atoms with Gasteiger partial charge in [-0.25, -0.2) is 4.79 Å². The van der Waals surface area contributed by atoms with Gasteiger partial charge in [0.1, 0.15) is 0 Å². The molecule has 0 aromatic heterocycles. The zero-order valence-electron chi connectivity index (χ0n) is 14.1. The largest absolute Gasteiger partial charge is 0.379 e. The Kier molecular flexibility index (Phi) is 5.34. The van der Waals surface area contributed by atoms with Crippen LogP contribution in [-0.4, -0.2) is 61.8 Å². The molecule has 1 N–H and O–H groups in total. The quantitative estimate of drug-likeness (QED) is 0.922. The van der Waals surface area contributed by atoms with Gasteiger partial charge in [-0.3, -0.25) is 4.90 Å². The van der Waals surface area contributed by atoms with E-state index in [9.17, 15) is 4.79 Å². The van der Waals surface area contributed by atoms with Gasteiger partial charge in [-0.05, 0) is 37.0 Å². The Bertz CT molecular complexity index is 634. The summed E-state index contributed by atoms with van der Waals surface area (Å²) in [6.45, 7) is 8.08. The van der Waals surface area contributed by atoms with Crippen molar-refractivity contribution < 1.29 is 9.53 Å². The minimum atomic E-state index is -0.0716. The van der Waals surface area contributed by atoms with E-state index in [4.69, 9.17) is 10.00 Å². The molecule has 0 aliphatic carbocycles. The molecule has 1 aromatic rings. The fourth-order valence-electron chi connectivity index (χ4n) is 3.40. The lowest BCUT2D eigenvalue weighted by Crippen LogP contribution is -2.40. The van der Waals surface area contributed by atoms with Crippen LogP contribution in [0, 0.1) is 24.2 Å². The van der Waals surface area contributed by atoms with Crippen LogP contribution in [0.2, 0.25) is 0 Å². The third-order valence-electron chi connectivity index (χ3n) is 4.89. The average Bonchev–Trinajstić information content (AvgIpc) is 3.06. The fraction of sp³-hybridized carbons (Fsp3) is 0.556. The van der Waals surface area contributed by atoms with Gasteiger partial charge in [0.25, 0.3) is 0 Å². The number of likely N-dealkylation sites (tertiary alicyclic amines) is 1. The second kappa shape index (κ2) is 7.65. The lowest BCUT2D eigenvalue weighted by molar-refractivity contribution is 0.0314. The van der Waals surface area contributed by atoms with Crippen LogP contribution in [-0.2, 0) is 4.74 Å². The van der Waals surface area contributed by atoms with Crippen molar-refractivity contribution in [1.82, 2.24) is 9.80 Å².